The van der Waals surface area contributed by atoms with Crippen molar-refractivity contribution in [3.8, 4) is 0 Å². The van der Waals surface area contributed by atoms with E-state index in [0.717, 1.165) is 13.1 Å². The maximum atomic E-state index is 12.6. The molecule has 1 heterocycles. The molecule has 1 amide bonds. The van der Waals surface area contributed by atoms with E-state index in [9.17, 15) is 9.59 Å². The third-order valence-corrected chi connectivity index (χ3v) is 5.97. The second-order valence-corrected chi connectivity index (χ2v) is 8.66. The number of ether oxygens (including phenoxy) is 1. The lowest BCUT2D eigenvalue weighted by Crippen LogP contribution is -2.50. The van der Waals surface area contributed by atoms with E-state index < -0.39 is 0 Å². The van der Waals surface area contributed by atoms with Crippen LogP contribution in [0.15, 0.2) is 60.7 Å². The van der Waals surface area contributed by atoms with E-state index in [1.165, 1.54) is 22.9 Å². The highest BCUT2D eigenvalue weighted by atomic mass is 32.2. The highest BCUT2D eigenvalue weighted by molar-refractivity contribution is 8.00. The van der Waals surface area contributed by atoms with Crippen LogP contribution in [0.25, 0.3) is 0 Å². The summed E-state index contributed by atoms with van der Waals surface area (Å²) in [6.45, 7) is 6.69. The largest absolute Gasteiger partial charge is 0.462 e. The van der Waals surface area contributed by atoms with E-state index in [-0.39, 0.29) is 29.8 Å². The third-order valence-electron chi connectivity index (χ3n) is 5.08. The van der Waals surface area contributed by atoms with E-state index in [1.54, 1.807) is 0 Å². The van der Waals surface area contributed by atoms with Gasteiger partial charge in [-0.2, -0.15) is 0 Å². The van der Waals surface area contributed by atoms with E-state index >= 15 is 0 Å². The van der Waals surface area contributed by atoms with Gasteiger partial charge in [0.1, 0.15) is 0 Å². The van der Waals surface area contributed by atoms with Crippen molar-refractivity contribution >= 4 is 23.6 Å². The summed E-state index contributed by atoms with van der Waals surface area (Å²) in [4.78, 5) is 28.5. The first kappa shape index (κ1) is 22.4. The van der Waals surface area contributed by atoms with Crippen molar-refractivity contribution in [2.45, 2.75) is 26.0 Å². The fourth-order valence-corrected chi connectivity index (χ4v) is 4.42. The lowest BCUT2D eigenvalue weighted by Gasteiger charge is -2.39. The number of benzene rings is 2. The lowest BCUT2D eigenvalue weighted by molar-refractivity contribution is -0.144. The van der Waals surface area contributed by atoms with Gasteiger partial charge in [0.15, 0.2) is 0 Å². The summed E-state index contributed by atoms with van der Waals surface area (Å²) < 4.78 is 5.11. The smallest absolute Gasteiger partial charge is 0.316 e. The molecule has 0 atom stereocenters. The molecule has 3 rings (SSSR count). The van der Waals surface area contributed by atoms with E-state index in [1.807, 2.05) is 30.9 Å². The normalized spacial score (nSPS) is 14.9. The molecule has 0 radical (unpaired) electrons. The van der Waals surface area contributed by atoms with Gasteiger partial charge < -0.3 is 9.64 Å². The monoisotopic (exact) mass is 426 g/mol. The van der Waals surface area contributed by atoms with Crippen LogP contribution in [0.4, 0.5) is 0 Å². The van der Waals surface area contributed by atoms with Crippen molar-refractivity contribution in [3.63, 3.8) is 0 Å². The number of rotatable bonds is 8. The van der Waals surface area contributed by atoms with Crippen molar-refractivity contribution in [1.82, 2.24) is 9.80 Å². The van der Waals surface area contributed by atoms with E-state index in [4.69, 9.17) is 4.74 Å². The van der Waals surface area contributed by atoms with Gasteiger partial charge >= 0.3 is 5.97 Å². The number of hydrogen-bond acceptors (Lipinski definition) is 5. The summed E-state index contributed by atoms with van der Waals surface area (Å²) in [6.07, 6.45) is -0.121. The first-order valence-corrected chi connectivity index (χ1v) is 11.6. The minimum absolute atomic E-state index is 0.0907. The van der Waals surface area contributed by atoms with Gasteiger partial charge in [-0.3, -0.25) is 14.5 Å². The minimum atomic E-state index is -0.263. The van der Waals surface area contributed by atoms with Crippen molar-refractivity contribution in [2.75, 3.05) is 37.7 Å². The molecule has 0 aromatic heterocycles. The van der Waals surface area contributed by atoms with Gasteiger partial charge in [0.25, 0.3) is 0 Å². The molecule has 1 aliphatic heterocycles. The second kappa shape index (κ2) is 11.2. The van der Waals surface area contributed by atoms with Gasteiger partial charge in [-0.1, -0.05) is 60.7 Å². The molecule has 2 aromatic rings. The quantitative estimate of drug-likeness (QED) is 0.604. The maximum absolute atomic E-state index is 12.6. The maximum Gasteiger partial charge on any atom is 0.316 e. The van der Waals surface area contributed by atoms with E-state index in [0.29, 0.717) is 18.8 Å². The number of carbonyl (C=O) groups excluding carboxylic acids is 2. The predicted molar refractivity (Wildman–Crippen MR) is 121 cm³/mol. The summed E-state index contributed by atoms with van der Waals surface area (Å²) in [5.74, 6) is 0.358. The molecule has 0 N–H and O–H groups in total. The zero-order valence-corrected chi connectivity index (χ0v) is 18.5. The summed E-state index contributed by atoms with van der Waals surface area (Å²) >= 11 is 1.33. The average molecular weight is 427 g/mol. The molecule has 6 heteroatoms. The predicted octanol–water partition coefficient (Wildman–Crippen LogP) is 3.61. The Hall–Kier alpha value is -2.31. The zero-order chi connectivity index (χ0) is 21.3. The highest BCUT2D eigenvalue weighted by Gasteiger charge is 2.28. The fraction of sp³-hybridized carbons (Fsp3) is 0.417. The number of esters is 1. The minimum Gasteiger partial charge on any atom is -0.462 e. The van der Waals surface area contributed by atoms with Crippen LogP contribution >= 0.6 is 11.8 Å². The number of hydrogen-bond donors (Lipinski definition) is 0. The molecule has 0 aliphatic carbocycles. The van der Waals surface area contributed by atoms with Crippen LogP contribution in [0, 0.1) is 0 Å². The van der Waals surface area contributed by atoms with Crippen LogP contribution in [0.2, 0.25) is 0 Å². The van der Waals surface area contributed by atoms with Crippen molar-refractivity contribution < 1.29 is 14.3 Å². The summed E-state index contributed by atoms with van der Waals surface area (Å²) in [5, 5.41) is 0. The molecule has 0 unspecified atom stereocenters. The number of amides is 1. The standard InChI is InChI=1S/C24H30N2O3S/c1-19(2)29-23(28)18-30-17-22(27)25-13-15-26(16-14-25)24(20-9-5-3-6-10-20)21-11-7-4-8-12-21/h3-12,19,24H,13-18H2,1-2H3. The molecular formula is C24H30N2O3S. The topological polar surface area (TPSA) is 49.9 Å². The van der Waals surface area contributed by atoms with Crippen molar-refractivity contribution in [1.29, 1.82) is 0 Å². The molecule has 0 bridgehead atoms. The summed E-state index contributed by atoms with van der Waals surface area (Å²) in [7, 11) is 0. The fourth-order valence-electron chi connectivity index (χ4n) is 3.72. The van der Waals surface area contributed by atoms with Crippen LogP contribution < -0.4 is 0 Å². The Morgan fingerprint density at radius 3 is 1.90 bits per heavy atom. The van der Waals surface area contributed by atoms with Crippen molar-refractivity contribution in [3.05, 3.63) is 71.8 Å². The molecule has 1 fully saturated rings. The Bertz CT molecular complexity index is 766. The number of thioether (sulfide) groups is 1. The Kier molecular flexibility index (Phi) is 8.34. The van der Waals surface area contributed by atoms with Crippen LogP contribution in [-0.2, 0) is 14.3 Å². The highest BCUT2D eigenvalue weighted by Crippen LogP contribution is 2.29. The first-order chi connectivity index (χ1) is 14.5. The molecule has 160 valence electrons. The van der Waals surface area contributed by atoms with Gasteiger partial charge in [0.05, 0.1) is 23.7 Å². The zero-order valence-electron chi connectivity index (χ0n) is 17.7. The van der Waals surface area contributed by atoms with Crippen molar-refractivity contribution in [2.24, 2.45) is 0 Å². The summed E-state index contributed by atoms with van der Waals surface area (Å²) in [5.41, 5.74) is 2.53. The van der Waals surface area contributed by atoms with Crippen LogP contribution in [0.5, 0.6) is 0 Å². The first-order valence-electron chi connectivity index (χ1n) is 10.4. The van der Waals surface area contributed by atoms with Crippen LogP contribution in [0.1, 0.15) is 31.0 Å². The molecule has 2 aromatic carbocycles. The van der Waals surface area contributed by atoms with Gasteiger partial charge in [-0.25, -0.2) is 0 Å². The van der Waals surface area contributed by atoms with Crippen LogP contribution in [-0.4, -0.2) is 65.5 Å². The number of piperazine rings is 1. The SMILES string of the molecule is CC(C)OC(=O)CSCC(=O)N1CCN(C(c2ccccc2)c2ccccc2)CC1. The molecule has 1 aliphatic rings. The summed E-state index contributed by atoms with van der Waals surface area (Å²) in [6, 6.07) is 21.2. The average Bonchev–Trinajstić information content (AvgIpc) is 2.75. The molecule has 30 heavy (non-hydrogen) atoms. The third kappa shape index (κ3) is 6.34. The molecule has 5 nitrogen and oxygen atoms in total. The molecule has 0 saturated carbocycles. The Balaban J connectivity index is 1.55. The van der Waals surface area contributed by atoms with Gasteiger partial charge in [0.2, 0.25) is 5.91 Å². The molecular weight excluding hydrogens is 396 g/mol. The Morgan fingerprint density at radius 1 is 0.867 bits per heavy atom. The van der Waals surface area contributed by atoms with Gasteiger partial charge in [-0.15, -0.1) is 11.8 Å². The number of nitrogens with zero attached hydrogens (tertiary/aromatic N) is 2. The molecule has 1 saturated heterocycles. The Morgan fingerprint density at radius 2 is 1.40 bits per heavy atom. The van der Waals surface area contributed by atoms with Gasteiger partial charge in [-0.05, 0) is 25.0 Å². The van der Waals surface area contributed by atoms with Gasteiger partial charge in [0, 0.05) is 26.2 Å². The lowest BCUT2D eigenvalue weighted by atomic mass is 9.96. The Labute approximate surface area is 183 Å². The van der Waals surface area contributed by atoms with E-state index in [2.05, 4.69) is 53.4 Å². The number of carbonyl (C=O) groups is 2. The van der Waals surface area contributed by atoms with Crippen LogP contribution in [0.3, 0.4) is 0 Å². The second-order valence-electron chi connectivity index (χ2n) is 7.67. The molecule has 0 spiro atoms.